The van der Waals surface area contributed by atoms with Gasteiger partial charge in [0.15, 0.2) is 28.6 Å². The Bertz CT molecular complexity index is 1740. The lowest BCUT2D eigenvalue weighted by Gasteiger charge is -2.36. The van der Waals surface area contributed by atoms with Crippen LogP contribution in [-0.2, 0) is 11.3 Å². The summed E-state index contributed by atoms with van der Waals surface area (Å²) in [5.41, 5.74) is 6.77. The first-order valence-corrected chi connectivity index (χ1v) is 13.0. The highest BCUT2D eigenvalue weighted by molar-refractivity contribution is 5.93. The van der Waals surface area contributed by atoms with Gasteiger partial charge >= 0.3 is 5.97 Å². The molecule has 1 aliphatic heterocycles. The topological polar surface area (TPSA) is 140 Å². The van der Waals surface area contributed by atoms with Crippen molar-refractivity contribution in [3.63, 3.8) is 0 Å². The number of nitrogens with two attached hydrogens (primary N) is 1. The van der Waals surface area contributed by atoms with Gasteiger partial charge in [0.1, 0.15) is 11.5 Å². The van der Waals surface area contributed by atoms with Crippen LogP contribution >= 0.6 is 0 Å². The molecule has 214 valence electrons. The van der Waals surface area contributed by atoms with Crippen molar-refractivity contribution >= 4 is 34.2 Å². The smallest absolute Gasteiger partial charge is 0.347 e. The molecule has 4 aromatic heterocycles. The van der Waals surface area contributed by atoms with Gasteiger partial charge in [0, 0.05) is 44.9 Å². The summed E-state index contributed by atoms with van der Waals surface area (Å²) in [6.07, 6.45) is 3.32. The fraction of sp³-hybridized carbons (Fsp3) is 0.333. The molecule has 1 saturated heterocycles. The predicted octanol–water partition coefficient (Wildman–Crippen LogP) is 3.26. The van der Waals surface area contributed by atoms with Crippen molar-refractivity contribution < 1.29 is 27.8 Å². The quantitative estimate of drug-likeness (QED) is 0.288. The Labute approximate surface area is 232 Å². The molecule has 41 heavy (non-hydrogen) atoms. The Hall–Kier alpha value is -4.72. The molecule has 0 aliphatic carbocycles. The van der Waals surface area contributed by atoms with Gasteiger partial charge in [-0.1, -0.05) is 0 Å². The van der Waals surface area contributed by atoms with E-state index in [2.05, 4.69) is 20.1 Å². The minimum Gasteiger partial charge on any atom is -0.478 e. The standard InChI is InChI=1S/C27H28F2N8O4/c1-27(2,25(38)39)41-23-14-21(17(28)12-18(23)29)35-8-5-34(6-9-35)7-10-36-24-16(15-31-36)20-13-19(22-4-3-11-40-22)33-37(20)26(30)32-24/h3-4,11-15H,5-10H2,1-2H3,(H2,30,32)(H,38,39). The number of aromatic nitrogens is 5. The van der Waals surface area contributed by atoms with Crippen molar-refractivity contribution in [3.05, 3.63) is 54.4 Å². The first kappa shape index (κ1) is 26.5. The van der Waals surface area contributed by atoms with Gasteiger partial charge in [-0.15, -0.1) is 0 Å². The summed E-state index contributed by atoms with van der Waals surface area (Å²) >= 11 is 0. The molecule has 3 N–H and O–H groups in total. The van der Waals surface area contributed by atoms with Crippen LogP contribution < -0.4 is 15.4 Å². The van der Waals surface area contributed by atoms with Gasteiger partial charge in [-0.2, -0.15) is 19.7 Å². The minimum atomic E-state index is -1.67. The van der Waals surface area contributed by atoms with E-state index in [1.807, 2.05) is 12.1 Å². The third-order valence-electron chi connectivity index (χ3n) is 7.23. The molecular weight excluding hydrogens is 538 g/mol. The van der Waals surface area contributed by atoms with Crippen molar-refractivity contribution in [1.82, 2.24) is 29.3 Å². The average molecular weight is 567 g/mol. The van der Waals surface area contributed by atoms with E-state index in [1.54, 1.807) is 32.6 Å². The molecular formula is C27H28F2N8O4. The molecule has 14 heteroatoms. The summed E-state index contributed by atoms with van der Waals surface area (Å²) in [6, 6.07) is 7.46. The van der Waals surface area contributed by atoms with Crippen molar-refractivity contribution in [2.45, 2.75) is 26.0 Å². The Morgan fingerprint density at radius 2 is 1.93 bits per heavy atom. The molecule has 0 saturated carbocycles. The van der Waals surface area contributed by atoms with Gasteiger partial charge in [0.05, 0.1) is 35.6 Å². The lowest BCUT2D eigenvalue weighted by atomic mass is 10.1. The Kier molecular flexibility index (Phi) is 6.49. The fourth-order valence-corrected chi connectivity index (χ4v) is 4.90. The van der Waals surface area contributed by atoms with E-state index in [1.165, 1.54) is 19.9 Å². The molecule has 1 aliphatic rings. The molecule has 0 amide bonds. The second kappa shape index (κ2) is 10.0. The van der Waals surface area contributed by atoms with E-state index in [0.717, 1.165) is 17.0 Å². The lowest BCUT2D eigenvalue weighted by Crippen LogP contribution is -2.47. The Morgan fingerprint density at radius 1 is 1.15 bits per heavy atom. The number of carboxylic acid groups (broad SMARTS) is 1. The highest BCUT2D eigenvalue weighted by Gasteiger charge is 2.31. The van der Waals surface area contributed by atoms with Crippen LogP contribution in [0.3, 0.4) is 0 Å². The number of hydrogen-bond donors (Lipinski definition) is 2. The van der Waals surface area contributed by atoms with Crippen LogP contribution in [0.2, 0.25) is 0 Å². The summed E-state index contributed by atoms with van der Waals surface area (Å²) in [5, 5.41) is 19.2. The fourth-order valence-electron chi connectivity index (χ4n) is 4.90. The summed E-state index contributed by atoms with van der Waals surface area (Å²) in [6.45, 7) is 6.06. The lowest BCUT2D eigenvalue weighted by molar-refractivity contribution is -0.152. The van der Waals surface area contributed by atoms with Crippen LogP contribution in [0.1, 0.15) is 13.8 Å². The van der Waals surface area contributed by atoms with Crippen molar-refractivity contribution in [2.24, 2.45) is 0 Å². The summed E-state index contributed by atoms with van der Waals surface area (Å²) < 4.78 is 43.3. The van der Waals surface area contributed by atoms with E-state index in [9.17, 15) is 18.7 Å². The van der Waals surface area contributed by atoms with Crippen LogP contribution in [0, 0.1) is 11.6 Å². The highest BCUT2D eigenvalue weighted by atomic mass is 19.1. The number of hydrogen-bond acceptors (Lipinski definition) is 9. The zero-order valence-corrected chi connectivity index (χ0v) is 22.4. The minimum absolute atomic E-state index is 0.165. The predicted molar refractivity (Wildman–Crippen MR) is 146 cm³/mol. The number of rotatable bonds is 8. The van der Waals surface area contributed by atoms with Gasteiger partial charge in [-0.25, -0.2) is 18.3 Å². The number of halogens is 2. The van der Waals surface area contributed by atoms with Gasteiger partial charge in [-0.05, 0) is 32.0 Å². The second-order valence-corrected chi connectivity index (χ2v) is 10.4. The van der Waals surface area contributed by atoms with Crippen molar-refractivity contribution in [1.29, 1.82) is 0 Å². The number of nitrogens with zero attached hydrogens (tertiary/aromatic N) is 7. The number of carbonyl (C=O) groups is 1. The van der Waals surface area contributed by atoms with Gasteiger partial charge < -0.3 is 24.9 Å². The molecule has 1 aromatic carbocycles. The van der Waals surface area contributed by atoms with Gasteiger partial charge in [-0.3, -0.25) is 4.90 Å². The number of benzene rings is 1. The maximum absolute atomic E-state index is 14.7. The van der Waals surface area contributed by atoms with E-state index in [-0.39, 0.29) is 17.4 Å². The normalized spacial score (nSPS) is 14.8. The molecule has 0 spiro atoms. The largest absolute Gasteiger partial charge is 0.478 e. The first-order chi connectivity index (χ1) is 19.6. The molecule has 5 aromatic rings. The average Bonchev–Trinajstić information content (AvgIpc) is 3.69. The first-order valence-electron chi connectivity index (χ1n) is 13.0. The third kappa shape index (κ3) is 4.90. The zero-order valence-electron chi connectivity index (χ0n) is 22.4. The van der Waals surface area contributed by atoms with Crippen LogP contribution in [0.25, 0.3) is 28.0 Å². The maximum Gasteiger partial charge on any atom is 0.347 e. The molecule has 1 fully saturated rings. The number of fused-ring (bicyclic) bond motifs is 3. The van der Waals surface area contributed by atoms with Crippen LogP contribution in [0.15, 0.2) is 47.2 Å². The molecule has 0 unspecified atom stereocenters. The summed E-state index contributed by atoms with van der Waals surface area (Å²) in [7, 11) is 0. The number of aliphatic carboxylic acids is 1. The maximum atomic E-state index is 14.7. The van der Waals surface area contributed by atoms with Gasteiger partial charge in [0.2, 0.25) is 5.95 Å². The summed E-state index contributed by atoms with van der Waals surface area (Å²) in [5.74, 6) is -2.39. The van der Waals surface area contributed by atoms with Crippen molar-refractivity contribution in [2.75, 3.05) is 43.4 Å². The Morgan fingerprint density at radius 3 is 2.63 bits per heavy atom. The Balaban J connectivity index is 1.13. The third-order valence-corrected chi connectivity index (χ3v) is 7.23. The van der Waals surface area contributed by atoms with E-state index >= 15 is 0 Å². The van der Waals surface area contributed by atoms with E-state index in [0.29, 0.717) is 56.4 Å². The van der Waals surface area contributed by atoms with Crippen LogP contribution in [0.5, 0.6) is 5.75 Å². The van der Waals surface area contributed by atoms with E-state index < -0.39 is 23.2 Å². The molecule has 0 radical (unpaired) electrons. The number of piperazine rings is 1. The van der Waals surface area contributed by atoms with Crippen LogP contribution in [-0.4, -0.2) is 78.7 Å². The van der Waals surface area contributed by atoms with Gasteiger partial charge in [0.25, 0.3) is 0 Å². The molecule has 0 bridgehead atoms. The van der Waals surface area contributed by atoms with Crippen LogP contribution in [0.4, 0.5) is 20.4 Å². The zero-order chi connectivity index (χ0) is 28.9. The molecule has 0 atom stereocenters. The number of furan rings is 1. The van der Waals surface area contributed by atoms with Crippen molar-refractivity contribution in [3.8, 4) is 17.2 Å². The number of carboxylic acids is 1. The highest BCUT2D eigenvalue weighted by Crippen LogP contribution is 2.31. The molecule has 5 heterocycles. The molecule has 6 rings (SSSR count). The number of anilines is 2. The van der Waals surface area contributed by atoms with E-state index in [4.69, 9.17) is 14.9 Å². The number of ether oxygens (including phenoxy) is 1. The monoisotopic (exact) mass is 566 g/mol. The second-order valence-electron chi connectivity index (χ2n) is 10.4. The number of nitrogen functional groups attached to an aromatic ring is 1. The molecule has 12 nitrogen and oxygen atoms in total. The summed E-state index contributed by atoms with van der Waals surface area (Å²) in [4.78, 5) is 19.9. The SMILES string of the molecule is CC(C)(Oc1cc(N2CCN(CCn3ncc4c3nc(N)n3nc(-c5ccco5)cc43)CC2)c(F)cc1F)C(=O)O.